The molecule has 2 fully saturated rings. The molecule has 9 heteroatoms. The smallest absolute Gasteiger partial charge is 0.265 e. The van der Waals surface area contributed by atoms with Crippen LogP contribution in [-0.2, 0) is 4.79 Å². The summed E-state index contributed by atoms with van der Waals surface area (Å²) in [5.74, 6) is 0.765. The monoisotopic (exact) mass is 486 g/mol. The van der Waals surface area contributed by atoms with Gasteiger partial charge in [0.25, 0.3) is 5.91 Å². The van der Waals surface area contributed by atoms with Crippen LogP contribution in [0, 0.1) is 18.8 Å². The average Bonchev–Trinajstić information content (AvgIpc) is 3.14. The molecule has 192 valence electrons. The number of carbonyl (C=O) groups excluding carboxylic acids is 1. The third-order valence-electron chi connectivity index (χ3n) is 6.61. The van der Waals surface area contributed by atoms with Crippen LogP contribution in [0.5, 0.6) is 0 Å². The molecule has 3 N–H and O–H groups in total. The highest BCUT2D eigenvalue weighted by Crippen LogP contribution is 2.42. The molecule has 1 amide bonds. The summed E-state index contributed by atoms with van der Waals surface area (Å²) in [5.41, 5.74) is 2.29. The molecular weight excluding hydrogens is 447 g/mol. The molecule has 0 saturated carbocycles. The highest BCUT2D eigenvalue weighted by Gasteiger charge is 2.37. The van der Waals surface area contributed by atoms with E-state index in [0.29, 0.717) is 48.3 Å². The van der Waals surface area contributed by atoms with Crippen LogP contribution >= 0.6 is 0 Å². The number of nitrogens with zero attached hydrogens (tertiary/aromatic N) is 4. The molecule has 3 rings (SSSR count). The molecule has 2 aliphatic heterocycles. The number of allylic oxidation sites excluding steroid dienone is 3. The van der Waals surface area contributed by atoms with E-state index in [1.54, 1.807) is 26.8 Å². The summed E-state index contributed by atoms with van der Waals surface area (Å²) >= 11 is 0. The van der Waals surface area contributed by atoms with Crippen molar-refractivity contribution >= 4 is 23.1 Å². The molecular formula is C26H39FN6O2. The van der Waals surface area contributed by atoms with E-state index in [-0.39, 0.29) is 11.8 Å². The first-order valence-electron chi connectivity index (χ1n) is 12.4. The van der Waals surface area contributed by atoms with Crippen LogP contribution in [0.2, 0.25) is 0 Å². The topological polar surface area (TPSA) is 103 Å². The van der Waals surface area contributed by atoms with Gasteiger partial charge in [0, 0.05) is 24.7 Å². The van der Waals surface area contributed by atoms with E-state index in [1.807, 2.05) is 24.8 Å². The Labute approximate surface area is 207 Å². The Morgan fingerprint density at radius 2 is 2.09 bits per heavy atom. The number of piperidine rings is 1. The maximum absolute atomic E-state index is 13.4. The number of aliphatic hydroxyl groups is 1. The predicted molar refractivity (Wildman–Crippen MR) is 138 cm³/mol. The van der Waals surface area contributed by atoms with Crippen molar-refractivity contribution in [3.8, 4) is 0 Å². The molecule has 1 unspecified atom stereocenters. The molecule has 1 aromatic rings. The highest BCUT2D eigenvalue weighted by atomic mass is 19.1. The number of hydrogen-bond donors (Lipinski definition) is 3. The molecule has 0 aromatic carbocycles. The summed E-state index contributed by atoms with van der Waals surface area (Å²) in [6.07, 6.45) is 7.55. The van der Waals surface area contributed by atoms with Gasteiger partial charge in [0.1, 0.15) is 24.4 Å². The third-order valence-corrected chi connectivity index (χ3v) is 6.61. The number of aryl methyl sites for hydroxylation is 1. The minimum Gasteiger partial charge on any atom is -0.390 e. The van der Waals surface area contributed by atoms with Crippen LogP contribution in [0.4, 0.5) is 15.9 Å². The zero-order valence-corrected chi connectivity index (χ0v) is 21.6. The molecule has 0 spiro atoms. The van der Waals surface area contributed by atoms with Gasteiger partial charge in [-0.15, -0.1) is 0 Å². The van der Waals surface area contributed by atoms with Gasteiger partial charge in [-0.05, 0) is 84.5 Å². The van der Waals surface area contributed by atoms with Gasteiger partial charge >= 0.3 is 0 Å². The van der Waals surface area contributed by atoms with Crippen molar-refractivity contribution in [1.82, 2.24) is 20.6 Å². The van der Waals surface area contributed by atoms with Gasteiger partial charge in [0.05, 0.1) is 11.3 Å². The number of aromatic nitrogens is 2. The molecule has 2 aliphatic rings. The number of rotatable bonds is 8. The number of halogens is 1. The fraction of sp³-hybridized carbons (Fsp3) is 0.615. The average molecular weight is 487 g/mol. The first-order chi connectivity index (χ1) is 16.6. The van der Waals surface area contributed by atoms with Gasteiger partial charge in [-0.3, -0.25) is 4.79 Å². The zero-order valence-electron chi connectivity index (χ0n) is 21.6. The Morgan fingerprint density at radius 1 is 1.37 bits per heavy atom. The lowest BCUT2D eigenvalue weighted by molar-refractivity contribution is -0.115. The summed E-state index contributed by atoms with van der Waals surface area (Å²) < 4.78 is 13.4. The van der Waals surface area contributed by atoms with E-state index in [9.17, 15) is 14.3 Å². The largest absolute Gasteiger partial charge is 0.390 e. The van der Waals surface area contributed by atoms with Gasteiger partial charge in [0.2, 0.25) is 0 Å². The summed E-state index contributed by atoms with van der Waals surface area (Å²) in [6, 6.07) is 0. The maximum atomic E-state index is 13.4. The summed E-state index contributed by atoms with van der Waals surface area (Å²) in [6.45, 7) is 11.5. The number of nitrogens with one attached hydrogen (secondary N) is 2. The fourth-order valence-electron chi connectivity index (χ4n) is 4.89. The van der Waals surface area contributed by atoms with Gasteiger partial charge in [-0.1, -0.05) is 6.08 Å². The second kappa shape index (κ2) is 11.9. The van der Waals surface area contributed by atoms with Crippen molar-refractivity contribution in [1.29, 1.82) is 0 Å². The van der Waals surface area contributed by atoms with Crippen LogP contribution < -0.4 is 15.5 Å². The van der Waals surface area contributed by atoms with Crippen molar-refractivity contribution in [3.05, 3.63) is 35.4 Å². The standard InChI is InChI=1S/C26H39FN6O2/c1-6-22-21(7-10-27)20(13-26(4,5)35)15-33(22)24-23(17(2)30-16-31-24)32-18(3)25(34)29-14-19-8-11-28-12-9-19/h6-7,16,19-20,28,35H,8-15H2,1-5H3,(H,29,34)/b21-7-,22-6+,32-18+. The molecule has 1 aromatic heterocycles. The van der Waals surface area contributed by atoms with Gasteiger partial charge in [-0.2, -0.15) is 0 Å². The number of anilines is 1. The van der Waals surface area contributed by atoms with Crippen LogP contribution in [0.25, 0.3) is 0 Å². The Balaban J connectivity index is 1.88. The second-order valence-corrected chi connectivity index (χ2v) is 10.0. The minimum atomic E-state index is -0.902. The Hall–Kier alpha value is -2.65. The number of amides is 1. The lowest BCUT2D eigenvalue weighted by Crippen LogP contribution is -2.38. The van der Waals surface area contributed by atoms with Crippen LogP contribution in [0.3, 0.4) is 0 Å². The van der Waals surface area contributed by atoms with Crippen LogP contribution in [-0.4, -0.2) is 65.1 Å². The van der Waals surface area contributed by atoms with Gasteiger partial charge < -0.3 is 20.6 Å². The van der Waals surface area contributed by atoms with Crippen LogP contribution in [0.1, 0.15) is 52.7 Å². The second-order valence-electron chi connectivity index (χ2n) is 10.0. The van der Waals surface area contributed by atoms with Crippen molar-refractivity contribution < 1.29 is 14.3 Å². The fourth-order valence-corrected chi connectivity index (χ4v) is 4.89. The van der Waals surface area contributed by atoms with E-state index in [0.717, 1.165) is 37.2 Å². The van der Waals surface area contributed by atoms with Crippen molar-refractivity contribution in [2.45, 2.75) is 59.5 Å². The zero-order chi connectivity index (χ0) is 25.6. The minimum absolute atomic E-state index is 0.0709. The Kier molecular flexibility index (Phi) is 9.13. The van der Waals surface area contributed by atoms with Gasteiger partial charge in [0.15, 0.2) is 5.82 Å². The van der Waals surface area contributed by atoms with E-state index in [4.69, 9.17) is 0 Å². The number of carbonyl (C=O) groups is 1. The number of alkyl halides is 1. The summed E-state index contributed by atoms with van der Waals surface area (Å²) in [4.78, 5) is 28.3. The number of aliphatic imine (C=N–C) groups is 1. The SMILES string of the molecule is C/C=C1\C(=C/CF)C(CC(C)(C)O)CN1c1ncnc(C)c1/N=C(\C)C(=O)NCC1CCNCC1. The van der Waals surface area contributed by atoms with Crippen molar-refractivity contribution in [2.75, 3.05) is 37.8 Å². The first-order valence-corrected chi connectivity index (χ1v) is 12.4. The molecule has 0 radical (unpaired) electrons. The van der Waals surface area contributed by atoms with Crippen molar-refractivity contribution in [3.63, 3.8) is 0 Å². The molecule has 8 nitrogen and oxygen atoms in total. The van der Waals surface area contributed by atoms with E-state index in [2.05, 4.69) is 25.6 Å². The molecule has 35 heavy (non-hydrogen) atoms. The van der Waals surface area contributed by atoms with E-state index >= 15 is 0 Å². The normalized spacial score (nSPS) is 22.3. The Bertz CT molecular complexity index is 992. The van der Waals surface area contributed by atoms with Crippen LogP contribution in [0.15, 0.2) is 34.7 Å². The quantitative estimate of drug-likeness (QED) is 0.487. The van der Waals surface area contributed by atoms with E-state index < -0.39 is 12.3 Å². The highest BCUT2D eigenvalue weighted by molar-refractivity contribution is 6.38. The first kappa shape index (κ1) is 26.9. The maximum Gasteiger partial charge on any atom is 0.265 e. The molecule has 0 aliphatic carbocycles. The lowest BCUT2D eigenvalue weighted by atomic mass is 9.89. The molecule has 3 heterocycles. The predicted octanol–water partition coefficient (Wildman–Crippen LogP) is 3.39. The third kappa shape index (κ3) is 6.95. The van der Waals surface area contributed by atoms with Gasteiger partial charge in [-0.25, -0.2) is 19.4 Å². The number of hydrogen-bond acceptors (Lipinski definition) is 7. The summed E-state index contributed by atoms with van der Waals surface area (Å²) in [5, 5.41) is 16.8. The lowest BCUT2D eigenvalue weighted by Gasteiger charge is -2.23. The molecule has 2 saturated heterocycles. The molecule has 0 bridgehead atoms. The molecule has 1 atom stereocenters. The Morgan fingerprint density at radius 3 is 2.71 bits per heavy atom. The van der Waals surface area contributed by atoms with E-state index in [1.165, 1.54) is 6.33 Å². The van der Waals surface area contributed by atoms with Crippen molar-refractivity contribution in [2.24, 2.45) is 16.8 Å². The summed E-state index contributed by atoms with van der Waals surface area (Å²) in [7, 11) is 0.